The molecule has 0 aliphatic rings. The van der Waals surface area contributed by atoms with Crippen LogP contribution in [-0.2, 0) is 0 Å². The van der Waals surface area contributed by atoms with Gasteiger partial charge in [-0.1, -0.05) is 21.1 Å². The standard InChI is InChI=1S/C7H6BrNO2/c8-6-1-2-7(10)5(3-6)4-9-11/h1-4,10-11H/b9-4-. The van der Waals surface area contributed by atoms with Gasteiger partial charge >= 0.3 is 0 Å². The molecule has 1 aromatic rings. The Morgan fingerprint density at radius 2 is 2.18 bits per heavy atom. The SMILES string of the molecule is O/N=C\c1cc(Br)ccc1O. The van der Waals surface area contributed by atoms with Crippen LogP contribution in [0.15, 0.2) is 27.8 Å². The van der Waals surface area contributed by atoms with E-state index in [2.05, 4.69) is 21.1 Å². The number of nitrogens with zero attached hydrogens (tertiary/aromatic N) is 1. The predicted molar refractivity (Wildman–Crippen MR) is 45.2 cm³/mol. The normalized spacial score (nSPS) is 10.6. The fourth-order valence-electron chi connectivity index (χ4n) is 0.691. The summed E-state index contributed by atoms with van der Waals surface area (Å²) in [5.41, 5.74) is 0.474. The Kier molecular flexibility index (Phi) is 2.48. The van der Waals surface area contributed by atoms with Crippen molar-refractivity contribution in [1.82, 2.24) is 0 Å². The topological polar surface area (TPSA) is 52.8 Å². The molecule has 0 unspecified atom stereocenters. The first-order chi connectivity index (χ1) is 5.24. The van der Waals surface area contributed by atoms with Crippen LogP contribution in [-0.4, -0.2) is 16.5 Å². The molecule has 0 aliphatic carbocycles. The maximum atomic E-state index is 9.14. The summed E-state index contributed by atoms with van der Waals surface area (Å²) in [6, 6.07) is 4.86. The Hall–Kier alpha value is -1.03. The number of hydrogen-bond acceptors (Lipinski definition) is 3. The van der Waals surface area contributed by atoms with Crippen LogP contribution >= 0.6 is 15.9 Å². The lowest BCUT2D eigenvalue weighted by Crippen LogP contribution is -1.81. The van der Waals surface area contributed by atoms with E-state index >= 15 is 0 Å². The summed E-state index contributed by atoms with van der Waals surface area (Å²) in [5.74, 6) is 0.0889. The van der Waals surface area contributed by atoms with Gasteiger partial charge in [0.15, 0.2) is 0 Å². The maximum Gasteiger partial charge on any atom is 0.124 e. The highest BCUT2D eigenvalue weighted by Gasteiger charge is 1.97. The molecule has 0 spiro atoms. The van der Waals surface area contributed by atoms with E-state index in [-0.39, 0.29) is 5.75 Å². The number of phenols is 1. The molecular formula is C7H6BrNO2. The van der Waals surface area contributed by atoms with E-state index < -0.39 is 0 Å². The lowest BCUT2D eigenvalue weighted by atomic mass is 10.2. The van der Waals surface area contributed by atoms with Crippen molar-refractivity contribution in [2.24, 2.45) is 5.16 Å². The van der Waals surface area contributed by atoms with Crippen LogP contribution in [0.25, 0.3) is 0 Å². The minimum Gasteiger partial charge on any atom is -0.507 e. The molecule has 0 atom stereocenters. The van der Waals surface area contributed by atoms with Crippen molar-refractivity contribution in [2.75, 3.05) is 0 Å². The van der Waals surface area contributed by atoms with E-state index in [1.165, 1.54) is 12.3 Å². The van der Waals surface area contributed by atoms with Gasteiger partial charge in [0, 0.05) is 10.0 Å². The molecule has 58 valence electrons. The zero-order chi connectivity index (χ0) is 8.27. The van der Waals surface area contributed by atoms with Gasteiger partial charge in [0.2, 0.25) is 0 Å². The van der Waals surface area contributed by atoms with Crippen LogP contribution in [0.1, 0.15) is 5.56 Å². The predicted octanol–water partition coefficient (Wildman–Crippen LogP) is 1.96. The highest BCUT2D eigenvalue weighted by molar-refractivity contribution is 9.10. The molecule has 0 saturated heterocycles. The zero-order valence-electron chi connectivity index (χ0n) is 5.53. The van der Waals surface area contributed by atoms with Crippen LogP contribution in [0.2, 0.25) is 0 Å². The second-order valence-electron chi connectivity index (χ2n) is 1.95. The van der Waals surface area contributed by atoms with Gasteiger partial charge in [0.25, 0.3) is 0 Å². The highest BCUT2D eigenvalue weighted by Crippen LogP contribution is 2.19. The fraction of sp³-hybridized carbons (Fsp3) is 0. The molecule has 0 saturated carbocycles. The molecule has 0 heterocycles. The Labute approximate surface area is 72.1 Å². The molecule has 4 heteroatoms. The van der Waals surface area contributed by atoms with Gasteiger partial charge in [-0.3, -0.25) is 0 Å². The third kappa shape index (κ3) is 1.94. The quantitative estimate of drug-likeness (QED) is 0.428. The molecule has 0 aliphatic heterocycles. The van der Waals surface area contributed by atoms with Crippen LogP contribution < -0.4 is 0 Å². The molecule has 2 N–H and O–H groups in total. The second-order valence-corrected chi connectivity index (χ2v) is 2.86. The Balaban J connectivity index is 3.12. The lowest BCUT2D eigenvalue weighted by molar-refractivity contribution is 0.321. The fourth-order valence-corrected chi connectivity index (χ4v) is 1.07. The molecule has 0 bridgehead atoms. The third-order valence-corrected chi connectivity index (χ3v) is 1.68. The molecule has 1 rings (SSSR count). The van der Waals surface area contributed by atoms with Gasteiger partial charge in [0.05, 0.1) is 6.21 Å². The molecule has 11 heavy (non-hydrogen) atoms. The average molecular weight is 216 g/mol. The molecule has 1 aromatic carbocycles. The summed E-state index contributed by atoms with van der Waals surface area (Å²) in [6.07, 6.45) is 1.17. The number of phenolic OH excluding ortho intramolecular Hbond substituents is 1. The van der Waals surface area contributed by atoms with Crippen molar-refractivity contribution in [1.29, 1.82) is 0 Å². The number of halogens is 1. The van der Waals surface area contributed by atoms with Crippen molar-refractivity contribution in [2.45, 2.75) is 0 Å². The summed E-state index contributed by atoms with van der Waals surface area (Å²) in [4.78, 5) is 0. The summed E-state index contributed by atoms with van der Waals surface area (Å²) < 4.78 is 0.824. The van der Waals surface area contributed by atoms with Gasteiger partial charge in [-0.2, -0.15) is 0 Å². The minimum absolute atomic E-state index is 0.0889. The van der Waals surface area contributed by atoms with E-state index in [1.54, 1.807) is 12.1 Å². The maximum absolute atomic E-state index is 9.14. The van der Waals surface area contributed by atoms with E-state index in [0.717, 1.165) is 4.47 Å². The van der Waals surface area contributed by atoms with E-state index in [0.29, 0.717) is 5.56 Å². The largest absolute Gasteiger partial charge is 0.507 e. The number of hydrogen-bond donors (Lipinski definition) is 2. The summed E-state index contributed by atoms with van der Waals surface area (Å²) in [7, 11) is 0. The summed E-state index contributed by atoms with van der Waals surface area (Å²) >= 11 is 3.21. The van der Waals surface area contributed by atoms with Crippen LogP contribution in [0, 0.1) is 0 Å². The van der Waals surface area contributed by atoms with Crippen LogP contribution in [0.4, 0.5) is 0 Å². The van der Waals surface area contributed by atoms with Gasteiger partial charge in [0.1, 0.15) is 5.75 Å². The van der Waals surface area contributed by atoms with Gasteiger partial charge in [-0.25, -0.2) is 0 Å². The van der Waals surface area contributed by atoms with E-state index in [4.69, 9.17) is 10.3 Å². The van der Waals surface area contributed by atoms with Crippen molar-refractivity contribution in [3.63, 3.8) is 0 Å². The summed E-state index contributed by atoms with van der Waals surface area (Å²) in [6.45, 7) is 0. The summed E-state index contributed by atoms with van der Waals surface area (Å²) in [5, 5.41) is 20.1. The van der Waals surface area contributed by atoms with Crippen LogP contribution in [0.3, 0.4) is 0 Å². The third-order valence-electron chi connectivity index (χ3n) is 1.19. The smallest absolute Gasteiger partial charge is 0.124 e. The van der Waals surface area contributed by atoms with E-state index in [9.17, 15) is 0 Å². The molecule has 3 nitrogen and oxygen atoms in total. The Bertz CT molecular complexity index is 286. The number of benzene rings is 1. The Morgan fingerprint density at radius 3 is 2.82 bits per heavy atom. The molecule has 0 aromatic heterocycles. The first-order valence-corrected chi connectivity index (χ1v) is 3.69. The average Bonchev–Trinajstić information content (AvgIpc) is 1.98. The molecule has 0 amide bonds. The van der Waals surface area contributed by atoms with Crippen molar-refractivity contribution in [3.8, 4) is 5.75 Å². The monoisotopic (exact) mass is 215 g/mol. The van der Waals surface area contributed by atoms with Gasteiger partial charge in [-0.15, -0.1) is 0 Å². The van der Waals surface area contributed by atoms with E-state index in [1.807, 2.05) is 0 Å². The number of oxime groups is 1. The van der Waals surface area contributed by atoms with Gasteiger partial charge < -0.3 is 10.3 Å². The second kappa shape index (κ2) is 3.39. The number of rotatable bonds is 1. The first-order valence-electron chi connectivity index (χ1n) is 2.90. The molecule has 0 fully saturated rings. The van der Waals surface area contributed by atoms with Crippen molar-refractivity contribution < 1.29 is 10.3 Å². The lowest BCUT2D eigenvalue weighted by Gasteiger charge is -1.96. The molecule has 0 radical (unpaired) electrons. The highest BCUT2D eigenvalue weighted by atomic mass is 79.9. The Morgan fingerprint density at radius 1 is 1.45 bits per heavy atom. The van der Waals surface area contributed by atoms with Crippen molar-refractivity contribution >= 4 is 22.1 Å². The number of aromatic hydroxyl groups is 1. The van der Waals surface area contributed by atoms with Crippen LogP contribution in [0.5, 0.6) is 5.75 Å². The molecular weight excluding hydrogens is 210 g/mol. The zero-order valence-corrected chi connectivity index (χ0v) is 7.12. The minimum atomic E-state index is 0.0889. The van der Waals surface area contributed by atoms with Gasteiger partial charge in [-0.05, 0) is 18.2 Å². The first kappa shape index (κ1) is 8.07. The van der Waals surface area contributed by atoms with Crippen molar-refractivity contribution in [3.05, 3.63) is 28.2 Å².